The highest BCUT2D eigenvalue weighted by Crippen LogP contribution is 2.27. The summed E-state index contributed by atoms with van der Waals surface area (Å²) in [5.74, 6) is 0.984. The van der Waals surface area contributed by atoms with Crippen molar-refractivity contribution in [2.75, 3.05) is 12.8 Å². The lowest BCUT2D eigenvalue weighted by molar-refractivity contribution is 0.407. The maximum absolute atomic E-state index is 5.70. The van der Waals surface area contributed by atoms with Gasteiger partial charge in [-0.05, 0) is 42.7 Å². The first kappa shape index (κ1) is 12.5. The van der Waals surface area contributed by atoms with Crippen molar-refractivity contribution in [3.8, 4) is 5.75 Å². The van der Waals surface area contributed by atoms with E-state index in [0.29, 0.717) is 0 Å². The highest BCUT2D eigenvalue weighted by Gasteiger charge is 2.08. The third-order valence-corrected chi connectivity index (χ3v) is 3.07. The van der Waals surface area contributed by atoms with E-state index in [1.807, 2.05) is 12.1 Å². The zero-order chi connectivity index (χ0) is 13.1. The smallest absolute Gasteiger partial charge is 0.125 e. The van der Waals surface area contributed by atoms with Crippen LogP contribution in [0.15, 0.2) is 36.4 Å². The minimum atomic E-state index is 0.797. The molecule has 0 saturated carbocycles. The maximum Gasteiger partial charge on any atom is 0.125 e. The Labute approximate surface area is 108 Å². The van der Waals surface area contributed by atoms with E-state index in [9.17, 15) is 0 Å². The summed E-state index contributed by atoms with van der Waals surface area (Å²) >= 11 is 0. The predicted octanol–water partition coefficient (Wildman–Crippen LogP) is 3.49. The Hall–Kier alpha value is -1.96. The van der Waals surface area contributed by atoms with Crippen molar-refractivity contribution in [2.24, 2.45) is 0 Å². The van der Waals surface area contributed by atoms with Gasteiger partial charge in [-0.2, -0.15) is 0 Å². The topological polar surface area (TPSA) is 35.2 Å². The molecule has 2 N–H and O–H groups in total. The molecule has 0 radical (unpaired) electrons. The van der Waals surface area contributed by atoms with Crippen LogP contribution < -0.4 is 10.5 Å². The van der Waals surface area contributed by atoms with Gasteiger partial charge in [-0.3, -0.25) is 0 Å². The van der Waals surface area contributed by atoms with Crippen molar-refractivity contribution in [3.63, 3.8) is 0 Å². The zero-order valence-corrected chi connectivity index (χ0v) is 11.2. The van der Waals surface area contributed by atoms with Gasteiger partial charge in [-0.25, -0.2) is 0 Å². The molecule has 94 valence electrons. The average Bonchev–Trinajstić information content (AvgIpc) is 2.32. The van der Waals surface area contributed by atoms with E-state index in [4.69, 9.17) is 10.5 Å². The standard InChI is InChI=1S/C16H19NO/c1-11-8-12(2)16(18-3)14(9-11)10-13-4-6-15(17)7-5-13/h4-9H,10,17H2,1-3H3. The molecule has 2 rings (SSSR count). The molecule has 2 aromatic rings. The third-order valence-electron chi connectivity index (χ3n) is 3.07. The Balaban J connectivity index is 2.36. The number of hydrogen-bond donors (Lipinski definition) is 1. The van der Waals surface area contributed by atoms with E-state index in [-0.39, 0.29) is 0 Å². The van der Waals surface area contributed by atoms with Gasteiger partial charge in [0.2, 0.25) is 0 Å². The van der Waals surface area contributed by atoms with Gasteiger partial charge in [0.25, 0.3) is 0 Å². The van der Waals surface area contributed by atoms with Crippen molar-refractivity contribution in [1.82, 2.24) is 0 Å². The molecule has 0 aliphatic heterocycles. The second kappa shape index (κ2) is 5.13. The fourth-order valence-electron chi connectivity index (χ4n) is 2.32. The van der Waals surface area contributed by atoms with Gasteiger partial charge in [0.15, 0.2) is 0 Å². The molecule has 2 heteroatoms. The van der Waals surface area contributed by atoms with E-state index < -0.39 is 0 Å². The largest absolute Gasteiger partial charge is 0.496 e. The van der Waals surface area contributed by atoms with Crippen LogP contribution >= 0.6 is 0 Å². The Kier molecular flexibility index (Phi) is 3.56. The van der Waals surface area contributed by atoms with Crippen LogP contribution in [0.2, 0.25) is 0 Å². The van der Waals surface area contributed by atoms with Crippen LogP contribution in [0, 0.1) is 13.8 Å². The molecule has 0 heterocycles. The van der Waals surface area contributed by atoms with E-state index in [1.54, 1.807) is 7.11 Å². The number of nitrogen functional groups attached to an aromatic ring is 1. The van der Waals surface area contributed by atoms with Crippen LogP contribution in [0.5, 0.6) is 5.75 Å². The van der Waals surface area contributed by atoms with Gasteiger partial charge in [0.05, 0.1) is 7.11 Å². The van der Waals surface area contributed by atoms with Gasteiger partial charge >= 0.3 is 0 Å². The first-order valence-corrected chi connectivity index (χ1v) is 6.08. The first-order valence-electron chi connectivity index (χ1n) is 6.08. The van der Waals surface area contributed by atoms with Crippen LogP contribution in [-0.4, -0.2) is 7.11 Å². The highest BCUT2D eigenvalue weighted by atomic mass is 16.5. The van der Waals surface area contributed by atoms with E-state index in [1.165, 1.54) is 22.3 Å². The van der Waals surface area contributed by atoms with Crippen molar-refractivity contribution in [1.29, 1.82) is 0 Å². The number of anilines is 1. The average molecular weight is 241 g/mol. The maximum atomic E-state index is 5.70. The number of hydrogen-bond acceptors (Lipinski definition) is 2. The minimum Gasteiger partial charge on any atom is -0.496 e. The summed E-state index contributed by atoms with van der Waals surface area (Å²) in [6, 6.07) is 12.3. The molecule has 0 saturated heterocycles. The molecular formula is C16H19NO. The third kappa shape index (κ3) is 2.65. The number of rotatable bonds is 3. The molecule has 18 heavy (non-hydrogen) atoms. The second-order valence-electron chi connectivity index (χ2n) is 4.69. The quantitative estimate of drug-likeness (QED) is 0.835. The van der Waals surface area contributed by atoms with Crippen molar-refractivity contribution < 1.29 is 4.74 Å². The van der Waals surface area contributed by atoms with Crippen molar-refractivity contribution in [2.45, 2.75) is 20.3 Å². The summed E-state index contributed by atoms with van der Waals surface area (Å²) in [6.45, 7) is 4.19. The lowest BCUT2D eigenvalue weighted by Gasteiger charge is -2.13. The Morgan fingerprint density at radius 3 is 2.33 bits per heavy atom. The summed E-state index contributed by atoms with van der Waals surface area (Å²) in [7, 11) is 1.73. The molecule has 2 aromatic carbocycles. The van der Waals surface area contributed by atoms with E-state index >= 15 is 0 Å². The van der Waals surface area contributed by atoms with Crippen LogP contribution in [0.3, 0.4) is 0 Å². The predicted molar refractivity (Wildman–Crippen MR) is 76.1 cm³/mol. The van der Waals surface area contributed by atoms with Crippen LogP contribution in [0.25, 0.3) is 0 Å². The number of aryl methyl sites for hydroxylation is 2. The molecule has 0 amide bonds. The van der Waals surface area contributed by atoms with Crippen LogP contribution in [0.4, 0.5) is 5.69 Å². The molecule has 2 nitrogen and oxygen atoms in total. The normalized spacial score (nSPS) is 10.4. The molecule has 0 atom stereocenters. The van der Waals surface area contributed by atoms with Gasteiger partial charge in [0.1, 0.15) is 5.75 Å². The Bertz CT molecular complexity index is 544. The minimum absolute atomic E-state index is 0.797. The number of methoxy groups -OCH3 is 1. The van der Waals surface area contributed by atoms with E-state index in [2.05, 4.69) is 38.1 Å². The first-order chi connectivity index (χ1) is 8.60. The fourth-order valence-corrected chi connectivity index (χ4v) is 2.32. The molecular weight excluding hydrogens is 222 g/mol. The van der Waals surface area contributed by atoms with Gasteiger partial charge in [-0.15, -0.1) is 0 Å². The van der Waals surface area contributed by atoms with Crippen LogP contribution in [-0.2, 0) is 6.42 Å². The fraction of sp³-hybridized carbons (Fsp3) is 0.250. The summed E-state index contributed by atoms with van der Waals surface area (Å²) in [4.78, 5) is 0. The number of ether oxygens (including phenoxy) is 1. The Morgan fingerprint density at radius 2 is 1.72 bits per heavy atom. The zero-order valence-electron chi connectivity index (χ0n) is 11.2. The summed E-state index contributed by atoms with van der Waals surface area (Å²) in [5.41, 5.74) is 11.4. The number of benzene rings is 2. The van der Waals surface area contributed by atoms with Gasteiger partial charge < -0.3 is 10.5 Å². The van der Waals surface area contributed by atoms with Crippen molar-refractivity contribution in [3.05, 3.63) is 58.7 Å². The van der Waals surface area contributed by atoms with Crippen LogP contribution in [0.1, 0.15) is 22.3 Å². The SMILES string of the molecule is COc1c(C)cc(C)cc1Cc1ccc(N)cc1. The summed E-state index contributed by atoms with van der Waals surface area (Å²) < 4.78 is 5.50. The van der Waals surface area contributed by atoms with E-state index in [0.717, 1.165) is 17.9 Å². The lowest BCUT2D eigenvalue weighted by atomic mass is 9.99. The van der Waals surface area contributed by atoms with Crippen molar-refractivity contribution >= 4 is 5.69 Å². The highest BCUT2D eigenvalue weighted by molar-refractivity contribution is 5.47. The molecule has 0 unspecified atom stereocenters. The summed E-state index contributed by atoms with van der Waals surface area (Å²) in [5, 5.41) is 0. The number of nitrogens with two attached hydrogens (primary N) is 1. The molecule has 0 fully saturated rings. The molecule has 0 aromatic heterocycles. The molecule has 0 aliphatic carbocycles. The molecule has 0 aliphatic rings. The monoisotopic (exact) mass is 241 g/mol. The Morgan fingerprint density at radius 1 is 1.06 bits per heavy atom. The summed E-state index contributed by atoms with van der Waals surface area (Å²) in [6.07, 6.45) is 0.867. The molecule has 0 spiro atoms. The second-order valence-corrected chi connectivity index (χ2v) is 4.69. The van der Waals surface area contributed by atoms with Gasteiger partial charge in [-0.1, -0.05) is 29.8 Å². The lowest BCUT2D eigenvalue weighted by Crippen LogP contribution is -1.97. The van der Waals surface area contributed by atoms with Gasteiger partial charge in [0, 0.05) is 12.1 Å². The molecule has 0 bridgehead atoms.